The van der Waals surface area contributed by atoms with E-state index in [9.17, 15) is 0 Å². The van der Waals surface area contributed by atoms with Crippen LogP contribution in [0.25, 0.3) is 0 Å². The van der Waals surface area contributed by atoms with E-state index in [0.717, 1.165) is 25.7 Å². The predicted molar refractivity (Wildman–Crippen MR) is 73.4 cm³/mol. The Balaban J connectivity index is 2.00. The molecule has 0 amide bonds. The molecule has 0 unspecified atom stereocenters. The molecular formula is C14H21N3O2. The maximum atomic E-state index is 8.64. The highest BCUT2D eigenvalue weighted by Crippen LogP contribution is 2.36. The van der Waals surface area contributed by atoms with Crippen molar-refractivity contribution in [1.82, 2.24) is 4.98 Å². The van der Waals surface area contributed by atoms with Gasteiger partial charge in [-0.25, -0.2) is 4.98 Å². The van der Waals surface area contributed by atoms with Gasteiger partial charge in [0.25, 0.3) is 0 Å². The maximum absolute atomic E-state index is 8.64. The number of ether oxygens (including phenoxy) is 1. The molecule has 1 heterocycles. The lowest BCUT2D eigenvalue weighted by atomic mass is 9.76. The quantitative estimate of drug-likeness (QED) is 0.380. The lowest BCUT2D eigenvalue weighted by Crippen LogP contribution is -2.28. The molecule has 0 bridgehead atoms. The Morgan fingerprint density at radius 1 is 1.42 bits per heavy atom. The van der Waals surface area contributed by atoms with Crippen LogP contribution >= 0.6 is 0 Å². The first-order valence-electron chi connectivity index (χ1n) is 6.62. The summed E-state index contributed by atoms with van der Waals surface area (Å²) in [5, 5.41) is 11.6. The smallest absolute Gasteiger partial charge is 0.214 e. The fraction of sp³-hybridized carbons (Fsp3) is 0.571. The first kappa shape index (κ1) is 13.6. The van der Waals surface area contributed by atoms with Gasteiger partial charge in [0.05, 0.1) is 0 Å². The summed E-state index contributed by atoms with van der Waals surface area (Å²) in [6.45, 7) is 4.58. The van der Waals surface area contributed by atoms with Crippen LogP contribution in [0.4, 0.5) is 0 Å². The van der Waals surface area contributed by atoms with Crippen molar-refractivity contribution in [2.24, 2.45) is 16.3 Å². The first-order valence-corrected chi connectivity index (χ1v) is 6.62. The van der Waals surface area contributed by atoms with E-state index >= 15 is 0 Å². The van der Waals surface area contributed by atoms with Crippen LogP contribution in [0, 0.1) is 5.41 Å². The van der Waals surface area contributed by atoms with E-state index in [4.69, 9.17) is 15.7 Å². The zero-order chi connectivity index (χ0) is 13.9. The van der Waals surface area contributed by atoms with Gasteiger partial charge in [-0.15, -0.1) is 0 Å². The molecule has 0 atom stereocenters. The number of hydrogen-bond donors (Lipinski definition) is 2. The molecule has 1 fully saturated rings. The lowest BCUT2D eigenvalue weighted by molar-refractivity contribution is 0.0949. The minimum absolute atomic E-state index is 0.00442. The van der Waals surface area contributed by atoms with Crippen molar-refractivity contribution in [1.29, 1.82) is 0 Å². The highest BCUT2D eigenvalue weighted by molar-refractivity contribution is 5.95. The third-order valence-electron chi connectivity index (χ3n) is 3.67. The van der Waals surface area contributed by atoms with Crippen molar-refractivity contribution in [3.63, 3.8) is 0 Å². The van der Waals surface area contributed by atoms with E-state index in [0.29, 0.717) is 17.0 Å². The molecule has 0 aliphatic heterocycles. The summed E-state index contributed by atoms with van der Waals surface area (Å²) in [5.74, 6) is 0.532. The van der Waals surface area contributed by atoms with Gasteiger partial charge >= 0.3 is 0 Å². The van der Waals surface area contributed by atoms with Crippen LogP contribution in [0.2, 0.25) is 0 Å². The molecule has 1 saturated carbocycles. The number of rotatable bonds is 3. The molecule has 19 heavy (non-hydrogen) atoms. The Morgan fingerprint density at radius 2 is 2.11 bits per heavy atom. The summed E-state index contributed by atoms with van der Waals surface area (Å²) in [6.07, 6.45) is 4.63. The summed E-state index contributed by atoms with van der Waals surface area (Å²) in [4.78, 5) is 4.24. The monoisotopic (exact) mass is 263 g/mol. The molecule has 0 saturated heterocycles. The second-order valence-electron chi connectivity index (χ2n) is 5.83. The van der Waals surface area contributed by atoms with Crippen molar-refractivity contribution in [2.45, 2.75) is 45.6 Å². The molecule has 5 nitrogen and oxygen atoms in total. The van der Waals surface area contributed by atoms with Crippen molar-refractivity contribution >= 4 is 5.84 Å². The second-order valence-corrected chi connectivity index (χ2v) is 5.83. The van der Waals surface area contributed by atoms with E-state index in [1.165, 1.54) is 0 Å². The highest BCUT2D eigenvalue weighted by Gasteiger charge is 2.28. The van der Waals surface area contributed by atoms with Gasteiger partial charge < -0.3 is 15.7 Å². The fourth-order valence-corrected chi connectivity index (χ4v) is 2.34. The van der Waals surface area contributed by atoms with Crippen LogP contribution in [0.5, 0.6) is 5.88 Å². The Bertz CT molecular complexity index is 462. The van der Waals surface area contributed by atoms with Crippen molar-refractivity contribution in [2.75, 3.05) is 0 Å². The van der Waals surface area contributed by atoms with Crippen molar-refractivity contribution in [3.05, 3.63) is 23.9 Å². The van der Waals surface area contributed by atoms with Crippen molar-refractivity contribution < 1.29 is 9.94 Å². The minimum atomic E-state index is -0.00442. The van der Waals surface area contributed by atoms with Crippen LogP contribution in [-0.4, -0.2) is 22.1 Å². The summed E-state index contributed by atoms with van der Waals surface area (Å²) in [6, 6.07) is 5.28. The van der Waals surface area contributed by atoms with E-state index < -0.39 is 0 Å². The third kappa shape index (κ3) is 3.59. The normalized spacial score (nSPS) is 20.2. The van der Waals surface area contributed by atoms with Gasteiger partial charge in [-0.05, 0) is 37.2 Å². The molecule has 0 spiro atoms. The number of pyridine rings is 1. The number of hydrogen-bond acceptors (Lipinski definition) is 4. The molecule has 1 aromatic heterocycles. The number of nitrogens with zero attached hydrogens (tertiary/aromatic N) is 2. The Kier molecular flexibility index (Phi) is 3.93. The molecule has 1 aromatic rings. The van der Waals surface area contributed by atoms with Gasteiger partial charge in [0.1, 0.15) is 11.8 Å². The minimum Gasteiger partial charge on any atom is -0.474 e. The molecule has 2 rings (SSSR count). The number of nitrogens with two attached hydrogens (primary N) is 1. The van der Waals surface area contributed by atoms with E-state index in [-0.39, 0.29) is 11.9 Å². The standard InChI is InChI=1S/C14H21N3O2/c1-14(2)8-6-10(7-9-14)19-12-5-3-4-11(16-12)13(15)17-18/h3-5,10,18H,6-9H2,1-2H3,(H2,15,17). The van der Waals surface area contributed by atoms with Gasteiger partial charge in [0.2, 0.25) is 5.88 Å². The summed E-state index contributed by atoms with van der Waals surface area (Å²) in [5.41, 5.74) is 6.36. The van der Waals surface area contributed by atoms with Crippen LogP contribution in [-0.2, 0) is 0 Å². The molecular weight excluding hydrogens is 242 g/mol. The van der Waals surface area contributed by atoms with Crippen LogP contribution in [0.1, 0.15) is 45.2 Å². The van der Waals surface area contributed by atoms with Gasteiger partial charge in [0.15, 0.2) is 5.84 Å². The zero-order valence-electron chi connectivity index (χ0n) is 11.5. The van der Waals surface area contributed by atoms with Gasteiger partial charge in [-0.1, -0.05) is 25.1 Å². The average Bonchev–Trinajstić information content (AvgIpc) is 2.41. The van der Waals surface area contributed by atoms with E-state index in [1.54, 1.807) is 18.2 Å². The second kappa shape index (κ2) is 5.47. The first-order chi connectivity index (χ1) is 9.00. The number of oxime groups is 1. The Hall–Kier alpha value is -1.78. The van der Waals surface area contributed by atoms with Crippen LogP contribution in [0.3, 0.4) is 0 Å². The molecule has 0 aromatic carbocycles. The Morgan fingerprint density at radius 3 is 2.74 bits per heavy atom. The molecule has 3 N–H and O–H groups in total. The summed E-state index contributed by atoms with van der Waals surface area (Å²) >= 11 is 0. The van der Waals surface area contributed by atoms with Crippen molar-refractivity contribution in [3.8, 4) is 5.88 Å². The molecule has 104 valence electrons. The largest absolute Gasteiger partial charge is 0.474 e. The number of aromatic nitrogens is 1. The zero-order valence-corrected chi connectivity index (χ0v) is 11.5. The molecule has 5 heteroatoms. The maximum Gasteiger partial charge on any atom is 0.214 e. The van der Waals surface area contributed by atoms with Crippen LogP contribution < -0.4 is 10.5 Å². The summed E-state index contributed by atoms with van der Waals surface area (Å²) in [7, 11) is 0. The molecule has 0 radical (unpaired) electrons. The summed E-state index contributed by atoms with van der Waals surface area (Å²) < 4.78 is 5.88. The van der Waals surface area contributed by atoms with Gasteiger partial charge in [-0.3, -0.25) is 0 Å². The topological polar surface area (TPSA) is 80.7 Å². The SMILES string of the molecule is CC1(C)CCC(Oc2cccc(/C(N)=N/O)n2)CC1. The van der Waals surface area contributed by atoms with Crippen LogP contribution in [0.15, 0.2) is 23.4 Å². The van der Waals surface area contributed by atoms with Gasteiger partial charge in [0, 0.05) is 6.07 Å². The fourth-order valence-electron chi connectivity index (χ4n) is 2.34. The average molecular weight is 263 g/mol. The van der Waals surface area contributed by atoms with Gasteiger partial charge in [-0.2, -0.15) is 0 Å². The highest BCUT2D eigenvalue weighted by atomic mass is 16.5. The number of amidine groups is 1. The third-order valence-corrected chi connectivity index (χ3v) is 3.67. The lowest BCUT2D eigenvalue weighted by Gasteiger charge is -2.34. The molecule has 1 aliphatic carbocycles. The Labute approximate surface area is 113 Å². The molecule has 1 aliphatic rings. The van der Waals surface area contributed by atoms with E-state index in [2.05, 4.69) is 24.0 Å². The van der Waals surface area contributed by atoms with E-state index in [1.807, 2.05) is 0 Å². The predicted octanol–water partition coefficient (Wildman–Crippen LogP) is 2.52.